The van der Waals surface area contributed by atoms with Crippen LogP contribution in [0.4, 0.5) is 4.39 Å². The van der Waals surface area contributed by atoms with E-state index in [0.717, 1.165) is 24.0 Å². The maximum absolute atomic E-state index is 15.0. The number of halogens is 1. The molecule has 4 nitrogen and oxygen atoms in total. The molecule has 35 heavy (non-hydrogen) atoms. The molecule has 0 heterocycles. The molecule has 184 valence electrons. The van der Waals surface area contributed by atoms with Gasteiger partial charge in [0.05, 0.1) is 0 Å². The van der Waals surface area contributed by atoms with Gasteiger partial charge in [-0.15, -0.1) is 0 Å². The first-order valence-corrected chi connectivity index (χ1v) is 12.1. The molecule has 0 radical (unpaired) electrons. The second-order valence-corrected chi connectivity index (χ2v) is 9.67. The van der Waals surface area contributed by atoms with Gasteiger partial charge in [0.15, 0.2) is 0 Å². The summed E-state index contributed by atoms with van der Waals surface area (Å²) in [6, 6.07) is 20.0. The molecule has 0 saturated heterocycles. The van der Waals surface area contributed by atoms with Gasteiger partial charge in [0.2, 0.25) is 0 Å². The molecule has 0 spiro atoms. The van der Waals surface area contributed by atoms with Crippen LogP contribution in [0, 0.1) is 28.5 Å². The lowest BCUT2D eigenvalue weighted by Crippen LogP contribution is -2.06. The summed E-state index contributed by atoms with van der Waals surface area (Å²) in [4.78, 5) is 0. The third kappa shape index (κ3) is 7.78. The van der Waals surface area contributed by atoms with Crippen LogP contribution in [-0.2, 0) is 13.2 Å². The maximum Gasteiger partial charge on any atom is 0.136 e. The normalized spacial score (nSPS) is 11.1. The van der Waals surface area contributed by atoms with Crippen LogP contribution in [0.3, 0.4) is 0 Å². The molecular weight excluding hydrogens is 439 g/mol. The van der Waals surface area contributed by atoms with E-state index in [4.69, 9.17) is 20.3 Å². The number of rotatable bonds is 12. The molecule has 0 aliphatic heterocycles. The summed E-state index contributed by atoms with van der Waals surface area (Å²) in [5.74, 6) is 1.80. The van der Waals surface area contributed by atoms with Gasteiger partial charge in [0.25, 0.3) is 0 Å². The molecule has 0 aliphatic carbocycles. The average Bonchev–Trinajstić information content (AvgIpc) is 2.82. The molecule has 0 aliphatic rings. The Balaban J connectivity index is 1.57. The Hall–Kier alpha value is -3.47. The molecule has 0 amide bonds. The van der Waals surface area contributed by atoms with Crippen LogP contribution in [0.2, 0.25) is 0 Å². The minimum Gasteiger partial charge on any atom is -0.489 e. The number of hydrogen-bond acceptors (Lipinski definition) is 4. The van der Waals surface area contributed by atoms with E-state index >= 15 is 4.39 Å². The van der Waals surface area contributed by atoms with Gasteiger partial charge in [-0.3, -0.25) is 0 Å². The highest BCUT2D eigenvalue weighted by molar-refractivity contribution is 5.98. The Labute approximate surface area is 208 Å². The summed E-state index contributed by atoms with van der Waals surface area (Å²) in [7, 11) is 0. The van der Waals surface area contributed by atoms with E-state index in [1.165, 1.54) is 0 Å². The highest BCUT2D eigenvalue weighted by Crippen LogP contribution is 2.21. The van der Waals surface area contributed by atoms with E-state index < -0.39 is 0 Å². The predicted octanol–water partition coefficient (Wildman–Crippen LogP) is 7.81. The van der Waals surface area contributed by atoms with Crippen LogP contribution < -0.4 is 9.47 Å². The molecule has 0 aromatic heterocycles. The summed E-state index contributed by atoms with van der Waals surface area (Å²) >= 11 is 0. The first-order chi connectivity index (χ1) is 16.7. The Morgan fingerprint density at radius 3 is 1.37 bits per heavy atom. The zero-order valence-corrected chi connectivity index (χ0v) is 21.0. The number of benzene rings is 3. The van der Waals surface area contributed by atoms with Crippen molar-refractivity contribution in [3.05, 3.63) is 94.8 Å². The van der Waals surface area contributed by atoms with Crippen molar-refractivity contribution in [1.82, 2.24) is 0 Å². The molecule has 3 aromatic carbocycles. The van der Waals surface area contributed by atoms with Gasteiger partial charge in [-0.25, -0.2) is 4.39 Å². The van der Waals surface area contributed by atoms with E-state index in [1.807, 2.05) is 48.5 Å². The molecule has 0 atom stereocenters. The van der Waals surface area contributed by atoms with Crippen LogP contribution in [-0.4, -0.2) is 11.4 Å². The average molecular weight is 475 g/mol. The highest BCUT2D eigenvalue weighted by atomic mass is 19.1. The van der Waals surface area contributed by atoms with E-state index in [2.05, 4.69) is 27.7 Å². The Morgan fingerprint density at radius 2 is 1.03 bits per heavy atom. The van der Waals surface area contributed by atoms with Gasteiger partial charge in [0.1, 0.15) is 30.5 Å². The third-order valence-electron chi connectivity index (χ3n) is 5.58. The fourth-order valence-electron chi connectivity index (χ4n) is 3.73. The highest BCUT2D eigenvalue weighted by Gasteiger charge is 2.11. The number of nitrogens with one attached hydrogen (secondary N) is 2. The second-order valence-electron chi connectivity index (χ2n) is 9.67. The maximum atomic E-state index is 15.0. The predicted molar refractivity (Wildman–Crippen MR) is 141 cm³/mol. The summed E-state index contributed by atoms with van der Waals surface area (Å²) in [6.07, 6.45) is 1.46. The Bertz CT molecular complexity index is 1050. The smallest absolute Gasteiger partial charge is 0.136 e. The summed E-state index contributed by atoms with van der Waals surface area (Å²) < 4.78 is 26.6. The van der Waals surface area contributed by atoms with Crippen LogP contribution >= 0.6 is 0 Å². The molecular formula is C30H35FN2O2. The van der Waals surface area contributed by atoms with Crippen LogP contribution in [0.25, 0.3) is 0 Å². The Kier molecular flexibility index (Phi) is 9.18. The van der Waals surface area contributed by atoms with Crippen molar-refractivity contribution in [1.29, 1.82) is 10.8 Å². The number of ether oxygens (including phenoxy) is 2. The molecule has 2 N–H and O–H groups in total. The SMILES string of the molecule is CC(C)CC(=N)c1ccc(OCc2cccc(COc3ccc(C(=N)CC(C)C)cc3)c2F)cc1. The largest absolute Gasteiger partial charge is 0.489 e. The van der Waals surface area contributed by atoms with Crippen molar-refractivity contribution < 1.29 is 13.9 Å². The van der Waals surface area contributed by atoms with E-state index in [1.54, 1.807) is 18.2 Å². The Morgan fingerprint density at radius 1 is 0.657 bits per heavy atom. The second kappa shape index (κ2) is 12.3. The first kappa shape index (κ1) is 26.1. The van der Waals surface area contributed by atoms with Gasteiger partial charge in [-0.1, -0.05) is 45.9 Å². The van der Waals surface area contributed by atoms with E-state index in [0.29, 0.717) is 45.9 Å². The minimum absolute atomic E-state index is 0.106. The standard InChI is InChI=1S/C30H35FN2O2/c1-20(2)16-28(32)22-8-12-26(13-9-22)34-18-24-6-5-7-25(30(24)31)19-35-27-14-10-23(11-15-27)29(33)17-21(3)4/h5-15,20-21,32-33H,16-19H2,1-4H3. The molecule has 3 rings (SSSR count). The molecule has 5 heteroatoms. The lowest BCUT2D eigenvalue weighted by atomic mass is 10.0. The molecule has 0 fully saturated rings. The topological polar surface area (TPSA) is 66.2 Å². The van der Waals surface area contributed by atoms with Crippen LogP contribution in [0.15, 0.2) is 66.7 Å². The number of hydrogen-bond donors (Lipinski definition) is 2. The van der Waals surface area contributed by atoms with E-state index in [9.17, 15) is 0 Å². The van der Waals surface area contributed by atoms with Crippen molar-refractivity contribution in [2.75, 3.05) is 0 Å². The minimum atomic E-state index is -0.335. The van der Waals surface area contributed by atoms with Crippen molar-refractivity contribution in [3.8, 4) is 11.5 Å². The summed E-state index contributed by atoms with van der Waals surface area (Å²) in [6.45, 7) is 8.59. The summed E-state index contributed by atoms with van der Waals surface area (Å²) in [5.41, 5.74) is 3.88. The quantitative estimate of drug-likeness (QED) is 0.263. The van der Waals surface area contributed by atoms with Crippen molar-refractivity contribution in [3.63, 3.8) is 0 Å². The lowest BCUT2D eigenvalue weighted by molar-refractivity contribution is 0.287. The van der Waals surface area contributed by atoms with Gasteiger partial charge in [0, 0.05) is 22.6 Å². The monoisotopic (exact) mass is 474 g/mol. The van der Waals surface area contributed by atoms with Crippen molar-refractivity contribution in [2.45, 2.75) is 53.8 Å². The molecule has 0 unspecified atom stereocenters. The lowest BCUT2D eigenvalue weighted by Gasteiger charge is -2.12. The third-order valence-corrected chi connectivity index (χ3v) is 5.58. The summed E-state index contributed by atoms with van der Waals surface area (Å²) in [5, 5.41) is 16.3. The fraction of sp³-hybridized carbons (Fsp3) is 0.333. The van der Waals surface area contributed by atoms with Crippen LogP contribution in [0.5, 0.6) is 11.5 Å². The molecule has 0 saturated carbocycles. The van der Waals surface area contributed by atoms with Gasteiger partial charge in [-0.05, 0) is 84.3 Å². The molecule has 3 aromatic rings. The van der Waals surface area contributed by atoms with Crippen LogP contribution in [0.1, 0.15) is 62.8 Å². The molecule has 0 bridgehead atoms. The fourth-order valence-corrected chi connectivity index (χ4v) is 3.73. The van der Waals surface area contributed by atoms with Gasteiger partial charge < -0.3 is 20.3 Å². The van der Waals surface area contributed by atoms with Crippen molar-refractivity contribution >= 4 is 11.4 Å². The zero-order chi connectivity index (χ0) is 25.4. The zero-order valence-electron chi connectivity index (χ0n) is 21.0. The van der Waals surface area contributed by atoms with Crippen molar-refractivity contribution in [2.24, 2.45) is 11.8 Å². The first-order valence-electron chi connectivity index (χ1n) is 12.1. The van der Waals surface area contributed by atoms with E-state index in [-0.39, 0.29) is 19.0 Å². The van der Waals surface area contributed by atoms with Gasteiger partial charge in [-0.2, -0.15) is 0 Å². The van der Waals surface area contributed by atoms with Gasteiger partial charge >= 0.3 is 0 Å².